The van der Waals surface area contributed by atoms with Crippen molar-refractivity contribution < 1.29 is 20.1 Å². The molecule has 0 aliphatic carbocycles. The van der Waals surface area contributed by atoms with E-state index in [2.05, 4.69) is 5.32 Å². The highest BCUT2D eigenvalue weighted by atomic mass is 16.5. The maximum Gasteiger partial charge on any atom is 0.118 e. The smallest absolute Gasteiger partial charge is 0.118 e. The Morgan fingerprint density at radius 3 is 2.41 bits per heavy atom. The van der Waals surface area contributed by atoms with Crippen molar-refractivity contribution in [2.45, 2.75) is 17.7 Å². The third-order valence-corrected chi connectivity index (χ3v) is 3.35. The highest BCUT2D eigenvalue weighted by Gasteiger charge is 2.47. The van der Waals surface area contributed by atoms with E-state index in [4.69, 9.17) is 4.74 Å². The van der Waals surface area contributed by atoms with Crippen LogP contribution in [0.4, 0.5) is 0 Å². The molecule has 2 rings (SSSR count). The van der Waals surface area contributed by atoms with E-state index >= 15 is 0 Å². The molecule has 94 valence electrons. The van der Waals surface area contributed by atoms with E-state index < -0.39 is 17.7 Å². The molecule has 0 unspecified atom stereocenters. The Labute approximate surface area is 99.7 Å². The van der Waals surface area contributed by atoms with Gasteiger partial charge in [-0.15, -0.1) is 0 Å². The minimum atomic E-state index is -1.03. The standard InChI is InChI=1S/C12H17NO4/c1-17-9-4-2-8(3-5-9)12(7-14)11(16)10(15)6-13-12/h2-5,10-11,13-16H,6-7H2,1H3/t10-,11+,12+/m0/s1. The second-order valence-electron chi connectivity index (χ2n) is 4.25. The van der Waals surface area contributed by atoms with Gasteiger partial charge in [-0.3, -0.25) is 0 Å². The average molecular weight is 239 g/mol. The molecular weight excluding hydrogens is 222 g/mol. The van der Waals surface area contributed by atoms with Crippen LogP contribution in [-0.2, 0) is 5.54 Å². The number of ether oxygens (including phenoxy) is 1. The molecule has 1 aliphatic heterocycles. The largest absolute Gasteiger partial charge is 0.497 e. The summed E-state index contributed by atoms with van der Waals surface area (Å²) < 4.78 is 5.05. The van der Waals surface area contributed by atoms with Gasteiger partial charge in [0.05, 0.1) is 25.4 Å². The molecule has 0 aromatic heterocycles. The second kappa shape index (κ2) is 4.62. The van der Waals surface area contributed by atoms with Gasteiger partial charge in [0.2, 0.25) is 0 Å². The third kappa shape index (κ3) is 1.91. The molecule has 0 amide bonds. The predicted octanol–water partition coefficient (Wildman–Crippen LogP) is -0.792. The van der Waals surface area contributed by atoms with Crippen LogP contribution in [0.3, 0.4) is 0 Å². The lowest BCUT2D eigenvalue weighted by Crippen LogP contribution is -2.49. The Morgan fingerprint density at radius 2 is 2.00 bits per heavy atom. The summed E-state index contributed by atoms with van der Waals surface area (Å²) >= 11 is 0. The maximum absolute atomic E-state index is 9.98. The fraction of sp³-hybridized carbons (Fsp3) is 0.500. The van der Waals surface area contributed by atoms with Gasteiger partial charge in [-0.05, 0) is 17.7 Å². The Bertz CT molecular complexity index is 381. The summed E-state index contributed by atoms with van der Waals surface area (Å²) in [5.74, 6) is 0.704. The van der Waals surface area contributed by atoms with E-state index in [9.17, 15) is 15.3 Å². The summed E-state index contributed by atoms with van der Waals surface area (Å²) in [5, 5.41) is 32.1. The highest BCUT2D eigenvalue weighted by molar-refractivity contribution is 5.34. The first-order chi connectivity index (χ1) is 8.14. The molecule has 1 heterocycles. The second-order valence-corrected chi connectivity index (χ2v) is 4.25. The van der Waals surface area contributed by atoms with Crippen LogP contribution >= 0.6 is 0 Å². The Kier molecular flexibility index (Phi) is 3.35. The van der Waals surface area contributed by atoms with Gasteiger partial charge in [0.1, 0.15) is 11.9 Å². The van der Waals surface area contributed by atoms with Crippen LogP contribution in [0, 0.1) is 0 Å². The van der Waals surface area contributed by atoms with Gasteiger partial charge in [-0.1, -0.05) is 12.1 Å². The van der Waals surface area contributed by atoms with Gasteiger partial charge in [0, 0.05) is 6.54 Å². The SMILES string of the molecule is COc1ccc([C@@]2(CO)NC[C@H](O)[C@H]2O)cc1. The van der Waals surface area contributed by atoms with Crippen molar-refractivity contribution in [1.82, 2.24) is 5.32 Å². The summed E-state index contributed by atoms with van der Waals surface area (Å²) in [4.78, 5) is 0. The topological polar surface area (TPSA) is 82.0 Å². The molecule has 1 saturated heterocycles. The van der Waals surface area contributed by atoms with Crippen LogP contribution < -0.4 is 10.1 Å². The third-order valence-electron chi connectivity index (χ3n) is 3.35. The molecule has 0 saturated carbocycles. The summed E-state index contributed by atoms with van der Waals surface area (Å²) in [7, 11) is 1.57. The maximum atomic E-state index is 9.98. The van der Waals surface area contributed by atoms with E-state index in [0.717, 1.165) is 5.56 Å². The van der Waals surface area contributed by atoms with Gasteiger partial charge in [0.15, 0.2) is 0 Å². The van der Waals surface area contributed by atoms with Gasteiger partial charge >= 0.3 is 0 Å². The summed E-state index contributed by atoms with van der Waals surface area (Å²) in [6.45, 7) is -0.0225. The molecule has 1 fully saturated rings. The van der Waals surface area contributed by atoms with Crippen molar-refractivity contribution in [3.05, 3.63) is 29.8 Å². The molecule has 1 aliphatic rings. The number of hydrogen-bond acceptors (Lipinski definition) is 5. The zero-order valence-electron chi connectivity index (χ0n) is 9.63. The first-order valence-electron chi connectivity index (χ1n) is 5.50. The number of benzene rings is 1. The van der Waals surface area contributed by atoms with E-state index in [1.807, 2.05) is 0 Å². The van der Waals surface area contributed by atoms with Crippen LogP contribution in [0.15, 0.2) is 24.3 Å². The number of rotatable bonds is 3. The molecule has 1 aromatic carbocycles. The van der Waals surface area contributed by atoms with E-state index in [1.165, 1.54) is 0 Å². The molecule has 1 aromatic rings. The summed E-state index contributed by atoms with van der Waals surface area (Å²) in [6.07, 6.45) is -1.90. The van der Waals surface area contributed by atoms with Crippen molar-refractivity contribution in [3.8, 4) is 5.75 Å². The molecule has 0 radical (unpaired) electrons. The van der Waals surface area contributed by atoms with Crippen molar-refractivity contribution in [3.63, 3.8) is 0 Å². The van der Waals surface area contributed by atoms with Crippen LogP contribution in [-0.4, -0.2) is 47.8 Å². The van der Waals surface area contributed by atoms with Gasteiger partial charge in [-0.2, -0.15) is 0 Å². The molecular formula is C12H17NO4. The normalized spacial score (nSPS) is 32.7. The number of nitrogens with one attached hydrogen (secondary N) is 1. The molecule has 17 heavy (non-hydrogen) atoms. The quantitative estimate of drug-likeness (QED) is 0.555. The molecule has 5 nitrogen and oxygen atoms in total. The van der Waals surface area contributed by atoms with Crippen molar-refractivity contribution in [1.29, 1.82) is 0 Å². The molecule has 5 heteroatoms. The lowest BCUT2D eigenvalue weighted by Gasteiger charge is -2.31. The van der Waals surface area contributed by atoms with Crippen molar-refractivity contribution in [2.24, 2.45) is 0 Å². The van der Waals surface area contributed by atoms with Gasteiger partial charge in [-0.25, -0.2) is 0 Å². The Hall–Kier alpha value is -1.14. The van der Waals surface area contributed by atoms with E-state index in [1.54, 1.807) is 31.4 Å². The van der Waals surface area contributed by atoms with E-state index in [0.29, 0.717) is 5.75 Å². The number of β-amino-alcohol motifs (C(OH)–C–C–N with tert-alkyl or cyclic N) is 1. The number of aliphatic hydroxyl groups is 3. The van der Waals surface area contributed by atoms with Crippen LogP contribution in [0.1, 0.15) is 5.56 Å². The van der Waals surface area contributed by atoms with E-state index in [-0.39, 0.29) is 13.2 Å². The zero-order valence-corrected chi connectivity index (χ0v) is 9.63. The molecule has 0 bridgehead atoms. The number of hydrogen-bond donors (Lipinski definition) is 4. The van der Waals surface area contributed by atoms with Crippen molar-refractivity contribution >= 4 is 0 Å². The lowest BCUT2D eigenvalue weighted by atomic mass is 9.86. The minimum absolute atomic E-state index is 0.258. The fourth-order valence-electron chi connectivity index (χ4n) is 2.23. The number of methoxy groups -OCH3 is 1. The summed E-state index contributed by atoms with van der Waals surface area (Å²) in [6, 6.07) is 7.05. The molecule has 0 spiro atoms. The Morgan fingerprint density at radius 1 is 1.35 bits per heavy atom. The lowest BCUT2D eigenvalue weighted by molar-refractivity contribution is -0.0110. The minimum Gasteiger partial charge on any atom is -0.497 e. The predicted molar refractivity (Wildman–Crippen MR) is 61.8 cm³/mol. The average Bonchev–Trinajstić information content (AvgIpc) is 2.67. The molecule has 4 N–H and O–H groups in total. The van der Waals surface area contributed by atoms with Crippen LogP contribution in [0.5, 0.6) is 5.75 Å². The van der Waals surface area contributed by atoms with Crippen molar-refractivity contribution in [2.75, 3.05) is 20.3 Å². The van der Waals surface area contributed by atoms with Crippen LogP contribution in [0.2, 0.25) is 0 Å². The summed E-state index contributed by atoms with van der Waals surface area (Å²) in [5.41, 5.74) is -0.268. The van der Waals surface area contributed by atoms with Crippen LogP contribution in [0.25, 0.3) is 0 Å². The first kappa shape index (κ1) is 12.3. The number of aliphatic hydroxyl groups excluding tert-OH is 3. The monoisotopic (exact) mass is 239 g/mol. The van der Waals surface area contributed by atoms with Gasteiger partial charge < -0.3 is 25.4 Å². The first-order valence-corrected chi connectivity index (χ1v) is 5.50. The highest BCUT2D eigenvalue weighted by Crippen LogP contribution is 2.32. The van der Waals surface area contributed by atoms with Gasteiger partial charge in [0.25, 0.3) is 0 Å². The fourth-order valence-corrected chi connectivity index (χ4v) is 2.23. The molecule has 3 atom stereocenters. The Balaban J connectivity index is 2.34. The zero-order chi connectivity index (χ0) is 12.5.